The van der Waals surface area contributed by atoms with Gasteiger partial charge in [0.05, 0.1) is 12.1 Å². The van der Waals surface area contributed by atoms with Gasteiger partial charge >= 0.3 is 0 Å². The molecule has 1 aromatic carbocycles. The molecule has 0 heterocycles. The first-order chi connectivity index (χ1) is 7.03. The zero-order chi connectivity index (χ0) is 11.3. The standard InChI is InChI=1S/C13H19NO/c1-5-15-12(14-13(2,3)4)11-9-7-6-8-10-11/h6-10H,5H2,1-4H3. The molecule has 0 spiro atoms. The lowest BCUT2D eigenvalue weighted by Gasteiger charge is -2.16. The first kappa shape index (κ1) is 11.8. The van der Waals surface area contributed by atoms with Crippen LogP contribution in [0, 0.1) is 0 Å². The van der Waals surface area contributed by atoms with Crippen molar-refractivity contribution >= 4 is 5.90 Å². The number of ether oxygens (including phenoxy) is 1. The third-order valence-electron chi connectivity index (χ3n) is 1.74. The normalized spacial score (nSPS) is 12.7. The summed E-state index contributed by atoms with van der Waals surface area (Å²) in [5.74, 6) is 0.727. The SMILES string of the molecule is CCOC(=NC(C)(C)C)c1ccccc1. The van der Waals surface area contributed by atoms with Gasteiger partial charge in [-0.25, -0.2) is 4.99 Å². The lowest BCUT2D eigenvalue weighted by molar-refractivity contribution is 0.321. The summed E-state index contributed by atoms with van der Waals surface area (Å²) in [6.45, 7) is 8.81. The van der Waals surface area contributed by atoms with E-state index in [1.807, 2.05) is 37.3 Å². The van der Waals surface area contributed by atoms with Crippen LogP contribution in [0.3, 0.4) is 0 Å². The highest BCUT2D eigenvalue weighted by Crippen LogP contribution is 2.11. The van der Waals surface area contributed by atoms with E-state index in [0.717, 1.165) is 11.5 Å². The first-order valence-corrected chi connectivity index (χ1v) is 5.31. The first-order valence-electron chi connectivity index (χ1n) is 5.31. The highest BCUT2D eigenvalue weighted by molar-refractivity contribution is 5.94. The number of nitrogens with zero attached hydrogens (tertiary/aromatic N) is 1. The van der Waals surface area contributed by atoms with E-state index >= 15 is 0 Å². The van der Waals surface area contributed by atoms with Crippen LogP contribution in [0.4, 0.5) is 0 Å². The Hall–Kier alpha value is -1.31. The fourth-order valence-electron chi connectivity index (χ4n) is 1.20. The van der Waals surface area contributed by atoms with Crippen LogP contribution in [0.5, 0.6) is 0 Å². The molecule has 82 valence electrons. The van der Waals surface area contributed by atoms with Crippen LogP contribution < -0.4 is 0 Å². The maximum absolute atomic E-state index is 5.55. The minimum Gasteiger partial charge on any atom is -0.478 e. The molecule has 1 aromatic rings. The Labute approximate surface area is 92.0 Å². The molecule has 1 rings (SSSR count). The van der Waals surface area contributed by atoms with Crippen molar-refractivity contribution in [3.63, 3.8) is 0 Å². The molecule has 0 aliphatic heterocycles. The van der Waals surface area contributed by atoms with Crippen molar-refractivity contribution in [1.82, 2.24) is 0 Å². The van der Waals surface area contributed by atoms with E-state index in [1.165, 1.54) is 0 Å². The average Bonchev–Trinajstić information content (AvgIpc) is 2.17. The largest absolute Gasteiger partial charge is 0.478 e. The monoisotopic (exact) mass is 205 g/mol. The summed E-state index contributed by atoms with van der Waals surface area (Å²) in [6, 6.07) is 10.0. The van der Waals surface area contributed by atoms with Crippen LogP contribution in [0.2, 0.25) is 0 Å². The van der Waals surface area contributed by atoms with Gasteiger partial charge in [0.15, 0.2) is 0 Å². The molecule has 0 saturated heterocycles. The van der Waals surface area contributed by atoms with E-state index < -0.39 is 0 Å². The van der Waals surface area contributed by atoms with Gasteiger partial charge in [-0.2, -0.15) is 0 Å². The van der Waals surface area contributed by atoms with Crippen molar-refractivity contribution in [3.05, 3.63) is 35.9 Å². The van der Waals surface area contributed by atoms with Gasteiger partial charge in [-0.1, -0.05) is 18.2 Å². The molecule has 0 unspecified atom stereocenters. The minimum absolute atomic E-state index is 0.111. The summed E-state index contributed by atoms with van der Waals surface area (Å²) in [6.07, 6.45) is 0. The van der Waals surface area contributed by atoms with Gasteiger partial charge in [0.1, 0.15) is 0 Å². The van der Waals surface area contributed by atoms with Crippen LogP contribution in [0.15, 0.2) is 35.3 Å². The topological polar surface area (TPSA) is 21.6 Å². The Morgan fingerprint density at radius 3 is 2.27 bits per heavy atom. The molecule has 15 heavy (non-hydrogen) atoms. The molecule has 0 aromatic heterocycles. The maximum atomic E-state index is 5.55. The van der Waals surface area contributed by atoms with E-state index in [4.69, 9.17) is 4.74 Å². The molecule has 0 fully saturated rings. The number of aliphatic imine (C=N–C) groups is 1. The Bertz CT molecular complexity index is 322. The third-order valence-corrected chi connectivity index (χ3v) is 1.74. The van der Waals surface area contributed by atoms with Gasteiger partial charge in [0.2, 0.25) is 5.90 Å². The summed E-state index contributed by atoms with van der Waals surface area (Å²) in [4.78, 5) is 4.56. The maximum Gasteiger partial charge on any atom is 0.216 e. The highest BCUT2D eigenvalue weighted by atomic mass is 16.5. The molecule has 0 aliphatic rings. The minimum atomic E-state index is -0.111. The third kappa shape index (κ3) is 4.15. The lowest BCUT2D eigenvalue weighted by Crippen LogP contribution is -2.17. The van der Waals surface area contributed by atoms with Crippen molar-refractivity contribution in [3.8, 4) is 0 Å². The quantitative estimate of drug-likeness (QED) is 0.536. The van der Waals surface area contributed by atoms with Crippen LogP contribution in [0.25, 0.3) is 0 Å². The highest BCUT2D eigenvalue weighted by Gasteiger charge is 2.12. The number of hydrogen-bond acceptors (Lipinski definition) is 2. The van der Waals surface area contributed by atoms with Crippen molar-refractivity contribution in [2.75, 3.05) is 6.61 Å². The molecule has 0 aliphatic carbocycles. The summed E-state index contributed by atoms with van der Waals surface area (Å²) in [5.41, 5.74) is 0.926. The fourth-order valence-corrected chi connectivity index (χ4v) is 1.20. The second-order valence-electron chi connectivity index (χ2n) is 4.39. The van der Waals surface area contributed by atoms with Crippen LogP contribution in [0.1, 0.15) is 33.3 Å². The van der Waals surface area contributed by atoms with E-state index in [1.54, 1.807) is 0 Å². The molecule has 0 saturated carbocycles. The van der Waals surface area contributed by atoms with Gasteiger partial charge in [-0.05, 0) is 39.8 Å². The molecule has 0 atom stereocenters. The molecule has 0 amide bonds. The Balaban J connectivity index is 2.99. The van der Waals surface area contributed by atoms with Gasteiger partial charge in [0, 0.05) is 5.56 Å². The Morgan fingerprint density at radius 1 is 1.20 bits per heavy atom. The Morgan fingerprint density at radius 2 is 1.80 bits per heavy atom. The number of hydrogen-bond donors (Lipinski definition) is 0. The van der Waals surface area contributed by atoms with Crippen LogP contribution >= 0.6 is 0 Å². The molecule has 0 radical (unpaired) electrons. The van der Waals surface area contributed by atoms with Gasteiger partial charge in [-0.15, -0.1) is 0 Å². The van der Waals surface area contributed by atoms with E-state index in [9.17, 15) is 0 Å². The summed E-state index contributed by atoms with van der Waals surface area (Å²) in [5, 5.41) is 0. The molecule has 0 N–H and O–H groups in total. The zero-order valence-electron chi connectivity index (χ0n) is 9.95. The number of rotatable bonds is 2. The molecule has 2 heteroatoms. The predicted molar refractivity (Wildman–Crippen MR) is 64.4 cm³/mol. The van der Waals surface area contributed by atoms with Crippen molar-refractivity contribution in [2.24, 2.45) is 4.99 Å². The van der Waals surface area contributed by atoms with Crippen molar-refractivity contribution in [1.29, 1.82) is 0 Å². The van der Waals surface area contributed by atoms with E-state index in [0.29, 0.717) is 6.61 Å². The van der Waals surface area contributed by atoms with Gasteiger partial charge in [-0.3, -0.25) is 0 Å². The molecular weight excluding hydrogens is 186 g/mol. The van der Waals surface area contributed by atoms with Gasteiger partial charge < -0.3 is 4.74 Å². The van der Waals surface area contributed by atoms with E-state index in [2.05, 4.69) is 25.8 Å². The average molecular weight is 205 g/mol. The summed E-state index contributed by atoms with van der Waals surface area (Å²) < 4.78 is 5.55. The number of benzene rings is 1. The smallest absolute Gasteiger partial charge is 0.216 e. The molecule has 0 bridgehead atoms. The van der Waals surface area contributed by atoms with E-state index in [-0.39, 0.29) is 5.54 Å². The molecular formula is C13H19NO. The van der Waals surface area contributed by atoms with Crippen LogP contribution in [-0.4, -0.2) is 18.0 Å². The fraction of sp³-hybridized carbons (Fsp3) is 0.462. The second kappa shape index (κ2) is 4.96. The zero-order valence-corrected chi connectivity index (χ0v) is 9.95. The lowest BCUT2D eigenvalue weighted by atomic mass is 10.1. The Kier molecular flexibility index (Phi) is 3.89. The predicted octanol–water partition coefficient (Wildman–Crippen LogP) is 3.27. The van der Waals surface area contributed by atoms with Crippen molar-refractivity contribution in [2.45, 2.75) is 33.2 Å². The van der Waals surface area contributed by atoms with Crippen LogP contribution in [-0.2, 0) is 4.74 Å². The summed E-state index contributed by atoms with van der Waals surface area (Å²) >= 11 is 0. The van der Waals surface area contributed by atoms with Gasteiger partial charge in [0.25, 0.3) is 0 Å². The second-order valence-corrected chi connectivity index (χ2v) is 4.39. The molecule has 2 nitrogen and oxygen atoms in total. The summed E-state index contributed by atoms with van der Waals surface area (Å²) in [7, 11) is 0. The van der Waals surface area contributed by atoms with Crippen molar-refractivity contribution < 1.29 is 4.74 Å².